The molecule has 1 atom stereocenters. The number of hydrogen-bond acceptors (Lipinski definition) is 4. The Morgan fingerprint density at radius 3 is 2.42 bits per heavy atom. The second-order valence-electron chi connectivity index (χ2n) is 6.34. The summed E-state index contributed by atoms with van der Waals surface area (Å²) in [5.74, 6) is 0. The second kappa shape index (κ2) is 6.74. The van der Waals surface area contributed by atoms with E-state index in [4.69, 9.17) is 5.26 Å². The van der Waals surface area contributed by atoms with Crippen LogP contribution in [0.2, 0.25) is 0 Å². The predicted octanol–water partition coefficient (Wildman–Crippen LogP) is 3.23. The van der Waals surface area contributed by atoms with Crippen molar-refractivity contribution in [3.63, 3.8) is 0 Å². The predicted molar refractivity (Wildman–Crippen MR) is 94.6 cm³/mol. The first-order valence-electron chi connectivity index (χ1n) is 8.08. The highest BCUT2D eigenvalue weighted by molar-refractivity contribution is 5.63. The average Bonchev–Trinajstić information content (AvgIpc) is 2.62. The van der Waals surface area contributed by atoms with Crippen molar-refractivity contribution in [2.75, 3.05) is 31.6 Å². The summed E-state index contributed by atoms with van der Waals surface area (Å²) >= 11 is 0. The molecule has 0 aliphatic carbocycles. The first-order valence-corrected chi connectivity index (χ1v) is 8.08. The molecule has 1 saturated heterocycles. The van der Waals surface area contributed by atoms with Gasteiger partial charge in [-0.25, -0.2) is 0 Å². The van der Waals surface area contributed by atoms with Gasteiger partial charge < -0.3 is 9.80 Å². The van der Waals surface area contributed by atoms with E-state index in [1.807, 2.05) is 6.07 Å². The molecule has 0 unspecified atom stereocenters. The van der Waals surface area contributed by atoms with E-state index in [-0.39, 0.29) is 6.04 Å². The van der Waals surface area contributed by atoms with Gasteiger partial charge in [-0.2, -0.15) is 10.5 Å². The monoisotopic (exact) mass is 316 g/mol. The zero-order valence-corrected chi connectivity index (χ0v) is 14.0. The SMILES string of the molecule is Cc1ccc([C@@H]2CN(C)CCN2c2ccc(C#N)cc2C#N)cc1. The van der Waals surface area contributed by atoms with Crippen molar-refractivity contribution >= 4 is 5.69 Å². The third kappa shape index (κ3) is 3.11. The molecule has 0 amide bonds. The Balaban J connectivity index is 2.03. The summed E-state index contributed by atoms with van der Waals surface area (Å²) in [4.78, 5) is 4.61. The normalized spacial score (nSPS) is 18.0. The number of hydrogen-bond donors (Lipinski definition) is 0. The van der Waals surface area contributed by atoms with E-state index in [1.165, 1.54) is 11.1 Å². The minimum absolute atomic E-state index is 0.199. The van der Waals surface area contributed by atoms with E-state index in [1.54, 1.807) is 12.1 Å². The van der Waals surface area contributed by atoms with Crippen molar-refractivity contribution in [2.24, 2.45) is 0 Å². The maximum Gasteiger partial charge on any atom is 0.101 e. The van der Waals surface area contributed by atoms with Gasteiger partial charge in [0.2, 0.25) is 0 Å². The summed E-state index contributed by atoms with van der Waals surface area (Å²) in [5, 5.41) is 18.6. The van der Waals surface area contributed by atoms with Crippen molar-refractivity contribution < 1.29 is 0 Å². The molecule has 1 heterocycles. The van der Waals surface area contributed by atoms with Crippen LogP contribution in [0, 0.1) is 29.6 Å². The zero-order chi connectivity index (χ0) is 17.1. The Morgan fingerprint density at radius 2 is 1.75 bits per heavy atom. The lowest BCUT2D eigenvalue weighted by molar-refractivity contribution is 0.269. The Hall–Kier alpha value is -2.82. The standard InChI is InChI=1S/C20H20N4/c1-15-3-6-17(7-4-15)20-14-23(2)9-10-24(20)19-8-5-16(12-21)11-18(19)13-22/h3-8,11,20H,9-10,14H2,1-2H3/t20-/m0/s1. The lowest BCUT2D eigenvalue weighted by Gasteiger charge is -2.42. The number of nitriles is 2. The van der Waals surface area contributed by atoms with Crippen LogP contribution in [0.4, 0.5) is 5.69 Å². The molecule has 0 radical (unpaired) electrons. The van der Waals surface area contributed by atoms with Crippen molar-refractivity contribution in [3.05, 3.63) is 64.7 Å². The number of piperazine rings is 1. The van der Waals surface area contributed by atoms with E-state index in [0.717, 1.165) is 25.3 Å². The van der Waals surface area contributed by atoms with E-state index in [2.05, 4.69) is 60.2 Å². The molecule has 4 heteroatoms. The third-order valence-electron chi connectivity index (χ3n) is 4.60. The van der Waals surface area contributed by atoms with Gasteiger partial charge in [0, 0.05) is 19.6 Å². The number of anilines is 1. The third-order valence-corrected chi connectivity index (χ3v) is 4.60. The second-order valence-corrected chi connectivity index (χ2v) is 6.34. The van der Waals surface area contributed by atoms with Crippen molar-refractivity contribution in [1.29, 1.82) is 10.5 Å². The zero-order valence-electron chi connectivity index (χ0n) is 14.0. The summed E-state index contributed by atoms with van der Waals surface area (Å²) in [6, 6.07) is 18.5. The molecule has 120 valence electrons. The molecule has 2 aromatic carbocycles. The number of nitrogens with zero attached hydrogens (tertiary/aromatic N) is 4. The minimum Gasteiger partial charge on any atom is -0.361 e. The fraction of sp³-hybridized carbons (Fsp3) is 0.300. The molecule has 0 bridgehead atoms. The van der Waals surface area contributed by atoms with Gasteiger partial charge in [-0.3, -0.25) is 0 Å². The van der Waals surface area contributed by atoms with E-state index >= 15 is 0 Å². The Kier molecular flexibility index (Phi) is 4.51. The van der Waals surface area contributed by atoms with E-state index < -0.39 is 0 Å². The molecule has 3 rings (SSSR count). The van der Waals surface area contributed by atoms with Crippen LogP contribution >= 0.6 is 0 Å². The molecule has 0 spiro atoms. The van der Waals surface area contributed by atoms with Crippen LogP contribution in [0.5, 0.6) is 0 Å². The van der Waals surface area contributed by atoms with Crippen LogP contribution in [-0.2, 0) is 0 Å². The van der Waals surface area contributed by atoms with Crippen LogP contribution in [0.25, 0.3) is 0 Å². The van der Waals surface area contributed by atoms with Gasteiger partial charge in [0.05, 0.1) is 28.9 Å². The van der Waals surface area contributed by atoms with Gasteiger partial charge in [-0.05, 0) is 37.7 Å². The quantitative estimate of drug-likeness (QED) is 0.853. The minimum atomic E-state index is 0.199. The van der Waals surface area contributed by atoms with Gasteiger partial charge in [0.1, 0.15) is 6.07 Å². The number of benzene rings is 2. The van der Waals surface area contributed by atoms with Gasteiger partial charge in [-0.15, -0.1) is 0 Å². The van der Waals surface area contributed by atoms with E-state index in [9.17, 15) is 5.26 Å². The highest BCUT2D eigenvalue weighted by Gasteiger charge is 2.28. The van der Waals surface area contributed by atoms with Crippen molar-refractivity contribution in [1.82, 2.24) is 4.90 Å². The summed E-state index contributed by atoms with van der Waals surface area (Å²) in [5.41, 5.74) is 4.49. The number of aryl methyl sites for hydroxylation is 1. The molecule has 0 aromatic heterocycles. The molecule has 1 fully saturated rings. The topological polar surface area (TPSA) is 54.1 Å². The molecule has 0 N–H and O–H groups in total. The fourth-order valence-corrected chi connectivity index (χ4v) is 3.23. The molecule has 4 nitrogen and oxygen atoms in total. The molecular formula is C20H20N4. The molecule has 1 aliphatic heterocycles. The van der Waals surface area contributed by atoms with Crippen LogP contribution in [0.1, 0.15) is 28.3 Å². The first kappa shape index (κ1) is 16.1. The lowest BCUT2D eigenvalue weighted by atomic mass is 9.99. The largest absolute Gasteiger partial charge is 0.361 e. The van der Waals surface area contributed by atoms with Gasteiger partial charge in [0.15, 0.2) is 0 Å². The maximum absolute atomic E-state index is 9.52. The van der Waals surface area contributed by atoms with Crippen LogP contribution < -0.4 is 4.90 Å². The number of likely N-dealkylation sites (N-methyl/N-ethyl adjacent to an activating group) is 1. The van der Waals surface area contributed by atoms with Crippen LogP contribution in [-0.4, -0.2) is 31.6 Å². The van der Waals surface area contributed by atoms with Crippen molar-refractivity contribution in [2.45, 2.75) is 13.0 Å². The summed E-state index contributed by atoms with van der Waals surface area (Å²) in [7, 11) is 2.13. The summed E-state index contributed by atoms with van der Waals surface area (Å²) < 4.78 is 0. The van der Waals surface area contributed by atoms with Crippen LogP contribution in [0.15, 0.2) is 42.5 Å². The molecule has 24 heavy (non-hydrogen) atoms. The van der Waals surface area contributed by atoms with Crippen LogP contribution in [0.3, 0.4) is 0 Å². The Morgan fingerprint density at radius 1 is 1.00 bits per heavy atom. The smallest absolute Gasteiger partial charge is 0.101 e. The summed E-state index contributed by atoms with van der Waals surface area (Å²) in [6.07, 6.45) is 0. The Labute approximate surface area is 143 Å². The Bertz CT molecular complexity index is 811. The molecule has 1 aliphatic rings. The highest BCUT2D eigenvalue weighted by Crippen LogP contribution is 2.33. The average molecular weight is 316 g/mol. The molecule has 0 saturated carbocycles. The van der Waals surface area contributed by atoms with Crippen molar-refractivity contribution in [3.8, 4) is 12.1 Å². The first-order chi connectivity index (χ1) is 11.6. The van der Waals surface area contributed by atoms with E-state index in [0.29, 0.717) is 11.1 Å². The highest BCUT2D eigenvalue weighted by atomic mass is 15.3. The molecular weight excluding hydrogens is 296 g/mol. The number of rotatable bonds is 2. The maximum atomic E-state index is 9.52. The van der Waals surface area contributed by atoms with Gasteiger partial charge in [0.25, 0.3) is 0 Å². The lowest BCUT2D eigenvalue weighted by Crippen LogP contribution is -2.47. The van der Waals surface area contributed by atoms with Gasteiger partial charge in [-0.1, -0.05) is 29.8 Å². The molecule has 2 aromatic rings. The van der Waals surface area contributed by atoms with Gasteiger partial charge >= 0.3 is 0 Å². The fourth-order valence-electron chi connectivity index (χ4n) is 3.23. The summed E-state index contributed by atoms with van der Waals surface area (Å²) in [6.45, 7) is 4.81.